The van der Waals surface area contributed by atoms with Crippen molar-refractivity contribution in [2.45, 2.75) is 31.4 Å². The van der Waals surface area contributed by atoms with Crippen LogP contribution in [-0.4, -0.2) is 51.8 Å². The normalized spacial score (nSPS) is 18.3. The van der Waals surface area contributed by atoms with E-state index in [1.807, 2.05) is 26.0 Å². The first-order valence-electron chi connectivity index (χ1n) is 8.95. The Kier molecular flexibility index (Phi) is 6.15. The Labute approximate surface area is 167 Å². The van der Waals surface area contributed by atoms with Crippen LogP contribution in [0.25, 0.3) is 11.3 Å². The number of hydrogen-bond acceptors (Lipinski definition) is 7. The van der Waals surface area contributed by atoms with E-state index in [2.05, 4.69) is 20.6 Å². The first-order valence-corrected chi connectivity index (χ1v) is 9.94. The van der Waals surface area contributed by atoms with Gasteiger partial charge in [0.2, 0.25) is 11.9 Å². The minimum absolute atomic E-state index is 0.0428. The van der Waals surface area contributed by atoms with Crippen molar-refractivity contribution in [2.24, 2.45) is 0 Å². The third kappa shape index (κ3) is 4.79. The molecule has 1 atom stereocenters. The molecular weight excluding hydrogens is 378 g/mol. The van der Waals surface area contributed by atoms with Crippen LogP contribution >= 0.6 is 11.8 Å². The number of carbonyl (C=O) groups excluding carboxylic acids is 2. The number of nitrogens with two attached hydrogens (primary N) is 1. The van der Waals surface area contributed by atoms with E-state index in [0.29, 0.717) is 22.0 Å². The second-order valence-corrected chi connectivity index (χ2v) is 7.81. The fourth-order valence-corrected chi connectivity index (χ4v) is 3.82. The van der Waals surface area contributed by atoms with Gasteiger partial charge in [-0.15, -0.1) is 11.8 Å². The number of nitrogens with one attached hydrogen (secondary N) is 2. The van der Waals surface area contributed by atoms with Crippen LogP contribution < -0.4 is 16.4 Å². The van der Waals surface area contributed by atoms with E-state index >= 15 is 0 Å². The molecule has 1 aliphatic rings. The monoisotopic (exact) mass is 401 g/mol. The summed E-state index contributed by atoms with van der Waals surface area (Å²) in [4.78, 5) is 33.1. The number of rotatable bonds is 0. The van der Waals surface area contributed by atoms with Gasteiger partial charge in [-0.25, -0.2) is 9.97 Å². The van der Waals surface area contributed by atoms with Crippen LogP contribution in [0, 0.1) is 13.8 Å². The standard InChI is InChI=1S/C19H23N5O3S/c1-10-5-11(2)14-6-13(10)15-7-17(24-19(20)23-15)28-4-3-16(26)21-8-12(25)9-22-18(14)27/h5-7,12,25H,3-4,8-9H2,1-2H3,(H,21,26)(H,22,27)(H2,20,23,24). The van der Waals surface area contributed by atoms with Gasteiger partial charge in [-0.1, -0.05) is 6.07 Å². The number of fused-ring (bicyclic) bond motifs is 5. The highest BCUT2D eigenvalue weighted by Crippen LogP contribution is 2.29. The van der Waals surface area contributed by atoms with Gasteiger partial charge in [-0.2, -0.15) is 0 Å². The zero-order chi connectivity index (χ0) is 20.3. The van der Waals surface area contributed by atoms with Gasteiger partial charge in [-0.05, 0) is 37.1 Å². The molecule has 0 saturated heterocycles. The Bertz CT molecular complexity index is 919. The Hall–Kier alpha value is -2.65. The third-order valence-electron chi connectivity index (χ3n) is 4.42. The number of β-amino-alcohol motifs (C(OH)–C–C–N with tert-alkyl or cyclic N) is 1. The van der Waals surface area contributed by atoms with E-state index in [0.717, 1.165) is 16.7 Å². The van der Waals surface area contributed by atoms with E-state index in [9.17, 15) is 14.7 Å². The third-order valence-corrected chi connectivity index (χ3v) is 5.34. The van der Waals surface area contributed by atoms with Crippen LogP contribution in [0.15, 0.2) is 23.2 Å². The van der Waals surface area contributed by atoms with Crippen LogP contribution in [0.4, 0.5) is 5.95 Å². The quantitative estimate of drug-likeness (QED) is 0.485. The molecule has 0 fully saturated rings. The molecule has 1 aromatic carbocycles. The number of anilines is 1. The Morgan fingerprint density at radius 1 is 1.07 bits per heavy atom. The van der Waals surface area contributed by atoms with E-state index in [1.165, 1.54) is 11.8 Å². The van der Waals surface area contributed by atoms with Crippen molar-refractivity contribution in [3.63, 3.8) is 0 Å². The highest BCUT2D eigenvalue weighted by molar-refractivity contribution is 7.99. The molecule has 3 rings (SSSR count). The molecule has 148 valence electrons. The summed E-state index contributed by atoms with van der Waals surface area (Å²) in [6, 6.07) is 5.53. The van der Waals surface area contributed by atoms with Crippen molar-refractivity contribution in [1.29, 1.82) is 0 Å². The number of nitrogens with zero attached hydrogens (tertiary/aromatic N) is 2. The average molecular weight is 401 g/mol. The Morgan fingerprint density at radius 2 is 1.79 bits per heavy atom. The number of carbonyl (C=O) groups is 2. The molecule has 5 N–H and O–H groups in total. The van der Waals surface area contributed by atoms with Gasteiger partial charge in [0, 0.05) is 36.4 Å². The van der Waals surface area contributed by atoms with Crippen molar-refractivity contribution in [2.75, 3.05) is 24.6 Å². The molecule has 1 aromatic heterocycles. The molecule has 2 amide bonds. The topological polar surface area (TPSA) is 130 Å². The number of aryl methyl sites for hydroxylation is 2. The molecule has 8 nitrogen and oxygen atoms in total. The molecule has 2 heterocycles. The molecule has 0 aliphatic carbocycles. The van der Waals surface area contributed by atoms with Gasteiger partial charge in [0.05, 0.1) is 11.8 Å². The zero-order valence-corrected chi connectivity index (χ0v) is 16.6. The summed E-state index contributed by atoms with van der Waals surface area (Å²) >= 11 is 1.41. The number of thioether (sulfide) groups is 1. The summed E-state index contributed by atoms with van der Waals surface area (Å²) in [6.45, 7) is 3.92. The van der Waals surface area contributed by atoms with Gasteiger partial charge in [0.1, 0.15) is 5.03 Å². The first kappa shape index (κ1) is 20.1. The minimum Gasteiger partial charge on any atom is -0.389 e. The summed E-state index contributed by atoms with van der Waals surface area (Å²) in [5.74, 6) is 0.184. The summed E-state index contributed by atoms with van der Waals surface area (Å²) in [5, 5.41) is 16.0. The fourth-order valence-electron chi connectivity index (χ4n) is 2.97. The largest absolute Gasteiger partial charge is 0.389 e. The second-order valence-electron chi connectivity index (χ2n) is 6.70. The minimum atomic E-state index is -0.866. The fraction of sp³-hybridized carbons (Fsp3) is 0.368. The number of aliphatic hydroxyl groups excluding tert-OH is 1. The smallest absolute Gasteiger partial charge is 0.251 e. The lowest BCUT2D eigenvalue weighted by atomic mass is 9.97. The van der Waals surface area contributed by atoms with Crippen LogP contribution in [0.3, 0.4) is 0 Å². The Balaban J connectivity index is 2.04. The van der Waals surface area contributed by atoms with Crippen LogP contribution in [0.1, 0.15) is 27.9 Å². The summed E-state index contributed by atoms with van der Waals surface area (Å²) in [5.41, 5.74) is 9.57. The van der Waals surface area contributed by atoms with E-state index in [1.54, 1.807) is 6.07 Å². The number of amides is 2. The zero-order valence-electron chi connectivity index (χ0n) is 15.8. The van der Waals surface area contributed by atoms with Gasteiger partial charge >= 0.3 is 0 Å². The van der Waals surface area contributed by atoms with Gasteiger partial charge < -0.3 is 21.5 Å². The number of hydrogen-bond donors (Lipinski definition) is 4. The van der Waals surface area contributed by atoms with E-state index in [4.69, 9.17) is 5.73 Å². The summed E-state index contributed by atoms with van der Waals surface area (Å²) < 4.78 is 0. The highest BCUT2D eigenvalue weighted by atomic mass is 32.2. The summed E-state index contributed by atoms with van der Waals surface area (Å²) in [7, 11) is 0. The van der Waals surface area contributed by atoms with Gasteiger partial charge in [0.25, 0.3) is 5.91 Å². The van der Waals surface area contributed by atoms with Crippen molar-refractivity contribution >= 4 is 29.5 Å². The number of aliphatic hydroxyl groups is 1. The maximum absolute atomic E-state index is 12.6. The number of aromatic nitrogens is 2. The molecular formula is C19H23N5O3S. The molecule has 0 radical (unpaired) electrons. The lowest BCUT2D eigenvalue weighted by Gasteiger charge is -2.16. The molecule has 28 heavy (non-hydrogen) atoms. The Morgan fingerprint density at radius 3 is 2.57 bits per heavy atom. The van der Waals surface area contributed by atoms with Crippen LogP contribution in [0.5, 0.6) is 0 Å². The lowest BCUT2D eigenvalue weighted by Crippen LogP contribution is -2.40. The maximum Gasteiger partial charge on any atom is 0.251 e. The molecule has 1 unspecified atom stereocenters. The predicted octanol–water partition coefficient (Wildman–Crippen LogP) is 1.05. The lowest BCUT2D eigenvalue weighted by molar-refractivity contribution is -0.121. The van der Waals surface area contributed by atoms with E-state index in [-0.39, 0.29) is 37.3 Å². The van der Waals surface area contributed by atoms with Crippen LogP contribution in [-0.2, 0) is 4.79 Å². The molecule has 4 bridgehead atoms. The average Bonchev–Trinajstić information content (AvgIpc) is 2.63. The van der Waals surface area contributed by atoms with Gasteiger partial charge in [0.15, 0.2) is 0 Å². The van der Waals surface area contributed by atoms with Crippen molar-refractivity contribution < 1.29 is 14.7 Å². The number of benzene rings is 1. The van der Waals surface area contributed by atoms with Crippen molar-refractivity contribution in [3.05, 3.63) is 34.9 Å². The summed E-state index contributed by atoms with van der Waals surface area (Å²) in [6.07, 6.45) is -0.592. The van der Waals surface area contributed by atoms with Crippen molar-refractivity contribution in [1.82, 2.24) is 20.6 Å². The SMILES string of the molecule is Cc1cc(C)c2cc1C(=O)NCC(O)CNC(=O)CCSc1cc-2nc(N)n1. The molecule has 9 heteroatoms. The van der Waals surface area contributed by atoms with Crippen LogP contribution in [0.2, 0.25) is 0 Å². The molecule has 0 spiro atoms. The second kappa shape index (κ2) is 8.57. The molecule has 2 aromatic rings. The van der Waals surface area contributed by atoms with Gasteiger partial charge in [-0.3, -0.25) is 9.59 Å². The predicted molar refractivity (Wildman–Crippen MR) is 108 cm³/mol. The maximum atomic E-state index is 12.6. The van der Waals surface area contributed by atoms with E-state index < -0.39 is 6.10 Å². The molecule has 0 saturated carbocycles. The van der Waals surface area contributed by atoms with Crippen molar-refractivity contribution in [3.8, 4) is 11.3 Å². The molecule has 1 aliphatic heterocycles. The first-order chi connectivity index (χ1) is 13.3. The number of nitrogen functional groups attached to an aromatic ring is 1. The highest BCUT2D eigenvalue weighted by Gasteiger charge is 2.17.